The minimum Gasteiger partial charge on any atom is -0.385 e. The summed E-state index contributed by atoms with van der Waals surface area (Å²) in [6.45, 7) is 6.50. The zero-order valence-corrected chi connectivity index (χ0v) is 9.28. The van der Waals surface area contributed by atoms with E-state index in [9.17, 15) is 5.11 Å². The first-order valence-electron chi connectivity index (χ1n) is 4.79. The topological polar surface area (TPSA) is 64.1 Å². The maximum absolute atomic E-state index is 9.60. The van der Waals surface area contributed by atoms with E-state index in [4.69, 9.17) is 5.73 Å². The van der Waals surface area contributed by atoms with Gasteiger partial charge in [-0.15, -0.1) is 0 Å². The Balaban J connectivity index is 3.05. The molecule has 0 aromatic carbocycles. The number of aliphatic hydroxyl groups is 1. The Morgan fingerprint density at radius 3 is 2.50 bits per heavy atom. The number of rotatable bonds is 2. The molecule has 1 atom stereocenters. The van der Waals surface area contributed by atoms with E-state index in [0.29, 0.717) is 0 Å². The van der Waals surface area contributed by atoms with E-state index in [1.165, 1.54) is 0 Å². The fourth-order valence-electron chi connectivity index (χ4n) is 1.28. The van der Waals surface area contributed by atoms with Crippen molar-refractivity contribution in [3.63, 3.8) is 0 Å². The van der Waals surface area contributed by atoms with Crippen LogP contribution in [0.3, 0.4) is 0 Å². The molecule has 14 heavy (non-hydrogen) atoms. The zero-order valence-electron chi connectivity index (χ0n) is 9.28. The fourth-order valence-corrected chi connectivity index (χ4v) is 1.28. The van der Waals surface area contributed by atoms with Crippen LogP contribution >= 0.6 is 0 Å². The molecule has 0 saturated heterocycles. The summed E-state index contributed by atoms with van der Waals surface area (Å²) in [5.41, 5.74) is 7.15. The van der Waals surface area contributed by atoms with Crippen LogP contribution in [0.1, 0.15) is 38.3 Å². The van der Waals surface area contributed by atoms with Crippen molar-refractivity contribution in [2.45, 2.75) is 32.3 Å². The van der Waals surface area contributed by atoms with Gasteiger partial charge in [0, 0.05) is 19.0 Å². The van der Waals surface area contributed by atoms with E-state index in [1.54, 1.807) is 4.68 Å². The van der Waals surface area contributed by atoms with Gasteiger partial charge in [-0.05, 0) is 6.07 Å². The molecular formula is C10H19N3O. The molecule has 4 nitrogen and oxygen atoms in total. The standard InChI is InChI=1S/C10H19N3O/c1-10(2,3)9-5-7(8(14)6-11)13(4)12-9/h5,8,14H,6,11H2,1-4H3. The molecule has 0 amide bonds. The van der Waals surface area contributed by atoms with E-state index in [-0.39, 0.29) is 12.0 Å². The maximum atomic E-state index is 9.60. The van der Waals surface area contributed by atoms with Gasteiger partial charge >= 0.3 is 0 Å². The molecule has 0 bridgehead atoms. The van der Waals surface area contributed by atoms with Gasteiger partial charge in [0.25, 0.3) is 0 Å². The van der Waals surface area contributed by atoms with Crippen molar-refractivity contribution in [3.8, 4) is 0 Å². The lowest BCUT2D eigenvalue weighted by atomic mass is 9.92. The first-order chi connectivity index (χ1) is 6.36. The summed E-state index contributed by atoms with van der Waals surface area (Å²) in [6, 6.07) is 1.91. The lowest BCUT2D eigenvalue weighted by Gasteiger charge is -2.13. The largest absolute Gasteiger partial charge is 0.385 e. The van der Waals surface area contributed by atoms with E-state index in [0.717, 1.165) is 11.4 Å². The van der Waals surface area contributed by atoms with E-state index in [2.05, 4.69) is 25.9 Å². The summed E-state index contributed by atoms with van der Waals surface area (Å²) in [5.74, 6) is 0. The van der Waals surface area contributed by atoms with Gasteiger partial charge in [0.15, 0.2) is 0 Å². The van der Waals surface area contributed by atoms with E-state index >= 15 is 0 Å². The zero-order chi connectivity index (χ0) is 10.9. The summed E-state index contributed by atoms with van der Waals surface area (Å²) in [4.78, 5) is 0. The summed E-state index contributed by atoms with van der Waals surface area (Å²) in [7, 11) is 1.82. The Morgan fingerprint density at radius 1 is 1.57 bits per heavy atom. The average Bonchev–Trinajstić information content (AvgIpc) is 2.45. The average molecular weight is 197 g/mol. The molecule has 80 valence electrons. The van der Waals surface area contributed by atoms with Crippen LogP contribution in [0.5, 0.6) is 0 Å². The Bertz CT molecular complexity index is 312. The van der Waals surface area contributed by atoms with Crippen molar-refractivity contribution >= 4 is 0 Å². The normalized spacial score (nSPS) is 14.4. The van der Waals surface area contributed by atoms with Crippen LogP contribution < -0.4 is 5.73 Å². The van der Waals surface area contributed by atoms with Gasteiger partial charge in [-0.25, -0.2) is 0 Å². The first-order valence-corrected chi connectivity index (χ1v) is 4.79. The number of hydrogen-bond donors (Lipinski definition) is 2. The monoisotopic (exact) mass is 197 g/mol. The molecule has 0 spiro atoms. The minimum absolute atomic E-state index is 0.00429. The molecular weight excluding hydrogens is 178 g/mol. The van der Waals surface area contributed by atoms with Gasteiger partial charge in [0.05, 0.1) is 11.4 Å². The molecule has 0 aliphatic rings. The van der Waals surface area contributed by atoms with Crippen LogP contribution in [0, 0.1) is 0 Å². The number of nitrogens with zero attached hydrogens (tertiary/aromatic N) is 2. The fraction of sp³-hybridized carbons (Fsp3) is 0.700. The molecule has 0 aliphatic heterocycles. The second-order valence-corrected chi connectivity index (χ2v) is 4.58. The van der Waals surface area contributed by atoms with Gasteiger partial charge in [-0.2, -0.15) is 5.10 Å². The number of hydrogen-bond acceptors (Lipinski definition) is 3. The van der Waals surface area contributed by atoms with E-state index in [1.807, 2.05) is 13.1 Å². The SMILES string of the molecule is Cn1nc(C(C)(C)C)cc1C(O)CN. The third-order valence-corrected chi connectivity index (χ3v) is 2.25. The molecule has 1 unspecified atom stereocenters. The first kappa shape index (κ1) is 11.2. The van der Waals surface area contributed by atoms with Crippen molar-refractivity contribution in [2.75, 3.05) is 6.54 Å². The quantitative estimate of drug-likeness (QED) is 0.734. The van der Waals surface area contributed by atoms with Gasteiger partial charge in [-0.3, -0.25) is 4.68 Å². The van der Waals surface area contributed by atoms with Crippen LogP contribution in [-0.4, -0.2) is 21.4 Å². The van der Waals surface area contributed by atoms with Gasteiger partial charge in [0.2, 0.25) is 0 Å². The Hall–Kier alpha value is -0.870. The summed E-state index contributed by atoms with van der Waals surface area (Å²) >= 11 is 0. The number of aromatic nitrogens is 2. The molecule has 1 heterocycles. The predicted octanol–water partition coefficient (Wildman–Crippen LogP) is 0.710. The lowest BCUT2D eigenvalue weighted by molar-refractivity contribution is 0.177. The second-order valence-electron chi connectivity index (χ2n) is 4.58. The predicted molar refractivity (Wildman–Crippen MR) is 55.9 cm³/mol. The highest BCUT2D eigenvalue weighted by atomic mass is 16.3. The van der Waals surface area contributed by atoms with Gasteiger partial charge in [0.1, 0.15) is 6.10 Å². The minimum atomic E-state index is -0.622. The number of aliphatic hydroxyl groups excluding tert-OH is 1. The second kappa shape index (κ2) is 3.71. The van der Waals surface area contributed by atoms with Crippen LogP contribution in [0.2, 0.25) is 0 Å². The third kappa shape index (κ3) is 2.13. The van der Waals surface area contributed by atoms with Crippen molar-refractivity contribution in [1.82, 2.24) is 9.78 Å². The van der Waals surface area contributed by atoms with Crippen molar-refractivity contribution in [3.05, 3.63) is 17.5 Å². The molecule has 0 fully saturated rings. The molecule has 0 saturated carbocycles. The van der Waals surface area contributed by atoms with Crippen molar-refractivity contribution in [2.24, 2.45) is 12.8 Å². The maximum Gasteiger partial charge on any atom is 0.108 e. The highest BCUT2D eigenvalue weighted by molar-refractivity contribution is 5.19. The smallest absolute Gasteiger partial charge is 0.108 e. The van der Waals surface area contributed by atoms with Crippen LogP contribution in [-0.2, 0) is 12.5 Å². The molecule has 1 rings (SSSR count). The Labute approximate surface area is 84.7 Å². The highest BCUT2D eigenvalue weighted by Gasteiger charge is 2.20. The van der Waals surface area contributed by atoms with Crippen LogP contribution in [0.15, 0.2) is 6.07 Å². The molecule has 1 aromatic heterocycles. The Morgan fingerprint density at radius 2 is 2.14 bits per heavy atom. The lowest BCUT2D eigenvalue weighted by Crippen LogP contribution is -2.14. The summed E-state index contributed by atoms with van der Waals surface area (Å²) in [6.07, 6.45) is -0.622. The molecule has 1 aromatic rings. The van der Waals surface area contributed by atoms with E-state index < -0.39 is 6.10 Å². The molecule has 3 N–H and O–H groups in total. The van der Waals surface area contributed by atoms with Gasteiger partial charge in [-0.1, -0.05) is 20.8 Å². The van der Waals surface area contributed by atoms with Crippen molar-refractivity contribution in [1.29, 1.82) is 0 Å². The number of nitrogens with two attached hydrogens (primary N) is 1. The Kier molecular flexibility index (Phi) is 2.97. The highest BCUT2D eigenvalue weighted by Crippen LogP contribution is 2.23. The number of aryl methyl sites for hydroxylation is 1. The van der Waals surface area contributed by atoms with Crippen LogP contribution in [0.4, 0.5) is 0 Å². The molecule has 0 aliphatic carbocycles. The summed E-state index contributed by atoms with van der Waals surface area (Å²) < 4.78 is 1.69. The third-order valence-electron chi connectivity index (χ3n) is 2.25. The van der Waals surface area contributed by atoms with Crippen LogP contribution in [0.25, 0.3) is 0 Å². The summed E-state index contributed by atoms with van der Waals surface area (Å²) in [5, 5.41) is 14.0. The molecule has 0 radical (unpaired) electrons. The van der Waals surface area contributed by atoms with Crippen molar-refractivity contribution < 1.29 is 5.11 Å². The molecule has 4 heteroatoms. The van der Waals surface area contributed by atoms with Gasteiger partial charge < -0.3 is 10.8 Å².